The third kappa shape index (κ3) is 4.13. The minimum Gasteiger partial charge on any atom is -0.341 e. The molecule has 1 aromatic heterocycles. The molecule has 0 unspecified atom stereocenters. The number of nitrogens with zero attached hydrogens (tertiary/aromatic N) is 3. The molecule has 4 rings (SSSR count). The number of carbonyl (C=O) groups excluding carboxylic acids is 1. The van der Waals surface area contributed by atoms with Gasteiger partial charge in [0.1, 0.15) is 16.7 Å². The van der Waals surface area contributed by atoms with Gasteiger partial charge in [0, 0.05) is 35.5 Å². The zero-order valence-electron chi connectivity index (χ0n) is 15.4. The molecule has 0 bridgehead atoms. The lowest BCUT2D eigenvalue weighted by atomic mass is 10.2. The molecule has 1 fully saturated rings. The summed E-state index contributed by atoms with van der Waals surface area (Å²) in [6.07, 6.45) is 2.24. The van der Waals surface area contributed by atoms with Gasteiger partial charge in [0.15, 0.2) is 0 Å². The zero-order chi connectivity index (χ0) is 19.7. The molecule has 1 saturated carbocycles. The fraction of sp³-hybridized carbons (Fsp3) is 0.286. The minimum absolute atomic E-state index is 0.111. The van der Waals surface area contributed by atoms with E-state index >= 15 is 0 Å². The van der Waals surface area contributed by atoms with Gasteiger partial charge in [0.25, 0.3) is 0 Å². The molecule has 1 aliphatic carbocycles. The molecular formula is C21H19ClFN3OS. The Morgan fingerprint density at radius 3 is 2.75 bits per heavy atom. The lowest BCUT2D eigenvalue weighted by Gasteiger charge is -2.18. The fourth-order valence-corrected chi connectivity index (χ4v) is 4.14. The highest BCUT2D eigenvalue weighted by Crippen LogP contribution is 2.39. The maximum Gasteiger partial charge on any atom is 0.233 e. The third-order valence-electron chi connectivity index (χ3n) is 4.74. The van der Waals surface area contributed by atoms with E-state index in [2.05, 4.69) is 4.98 Å². The van der Waals surface area contributed by atoms with Crippen molar-refractivity contribution in [1.29, 1.82) is 0 Å². The minimum atomic E-state index is -0.407. The van der Waals surface area contributed by atoms with Crippen molar-refractivity contribution in [2.75, 3.05) is 12.8 Å². The fourth-order valence-electron chi connectivity index (χ4n) is 2.95. The van der Waals surface area contributed by atoms with Gasteiger partial charge >= 0.3 is 0 Å². The molecule has 0 spiro atoms. The normalized spacial score (nSPS) is 13.7. The number of hydrogen-bond donors (Lipinski definition) is 0. The van der Waals surface area contributed by atoms with Gasteiger partial charge in [0.2, 0.25) is 5.91 Å². The summed E-state index contributed by atoms with van der Waals surface area (Å²) in [5, 5.41) is 2.09. The highest BCUT2D eigenvalue weighted by atomic mass is 35.5. The number of hydrogen-bond acceptors (Lipinski definition) is 4. The van der Waals surface area contributed by atoms with Crippen LogP contribution in [-0.2, 0) is 11.3 Å². The summed E-state index contributed by atoms with van der Waals surface area (Å²) in [5.41, 5.74) is 1.23. The van der Waals surface area contributed by atoms with Crippen LogP contribution in [0.25, 0.3) is 10.9 Å². The van der Waals surface area contributed by atoms with Gasteiger partial charge in [-0.3, -0.25) is 4.79 Å². The molecule has 0 N–H and O–H groups in total. The molecular weight excluding hydrogens is 397 g/mol. The first-order valence-electron chi connectivity index (χ1n) is 9.09. The summed E-state index contributed by atoms with van der Waals surface area (Å²) >= 11 is 7.47. The largest absolute Gasteiger partial charge is 0.341 e. The van der Waals surface area contributed by atoms with E-state index in [9.17, 15) is 9.18 Å². The first-order chi connectivity index (χ1) is 13.5. The van der Waals surface area contributed by atoms with Crippen molar-refractivity contribution in [2.24, 2.45) is 0 Å². The van der Waals surface area contributed by atoms with Gasteiger partial charge in [-0.1, -0.05) is 47.6 Å². The Labute approximate surface area is 172 Å². The highest BCUT2D eigenvalue weighted by Gasteiger charge is 2.27. The second kappa shape index (κ2) is 8.05. The zero-order valence-corrected chi connectivity index (χ0v) is 16.9. The maximum atomic E-state index is 14.0. The van der Waals surface area contributed by atoms with Crippen LogP contribution in [0.5, 0.6) is 0 Å². The van der Waals surface area contributed by atoms with Gasteiger partial charge in [0.05, 0.1) is 11.3 Å². The summed E-state index contributed by atoms with van der Waals surface area (Å²) in [7, 11) is 1.65. The number of para-hydroxylation sites is 1. The Morgan fingerprint density at radius 1 is 1.21 bits per heavy atom. The lowest BCUT2D eigenvalue weighted by Crippen LogP contribution is -2.28. The number of carbonyl (C=O) groups is 1. The van der Waals surface area contributed by atoms with E-state index in [-0.39, 0.29) is 18.2 Å². The van der Waals surface area contributed by atoms with Crippen LogP contribution in [0.15, 0.2) is 47.5 Å². The van der Waals surface area contributed by atoms with Gasteiger partial charge in [-0.25, -0.2) is 14.4 Å². The molecule has 1 heterocycles. The van der Waals surface area contributed by atoms with E-state index in [1.165, 1.54) is 22.7 Å². The number of amides is 1. The maximum absolute atomic E-state index is 14.0. The van der Waals surface area contributed by atoms with Crippen LogP contribution in [0.4, 0.5) is 4.39 Å². The number of halogens is 2. The topological polar surface area (TPSA) is 46.1 Å². The summed E-state index contributed by atoms with van der Waals surface area (Å²) < 4.78 is 14.0. The third-order valence-corrected chi connectivity index (χ3v) is 6.07. The van der Waals surface area contributed by atoms with Gasteiger partial charge in [-0.15, -0.1) is 0 Å². The molecule has 2 aromatic carbocycles. The van der Waals surface area contributed by atoms with Crippen LogP contribution >= 0.6 is 23.4 Å². The van der Waals surface area contributed by atoms with Crippen LogP contribution < -0.4 is 0 Å². The van der Waals surface area contributed by atoms with Crippen molar-refractivity contribution in [3.8, 4) is 0 Å². The number of thioether (sulfide) groups is 1. The summed E-state index contributed by atoms with van der Waals surface area (Å²) in [5.74, 6) is 0.995. The molecule has 3 aromatic rings. The molecule has 4 nitrogen and oxygen atoms in total. The average Bonchev–Trinajstić information content (AvgIpc) is 3.53. The van der Waals surface area contributed by atoms with E-state index in [4.69, 9.17) is 16.6 Å². The second-order valence-corrected chi connectivity index (χ2v) is 8.29. The predicted molar refractivity (Wildman–Crippen MR) is 110 cm³/mol. The van der Waals surface area contributed by atoms with Crippen molar-refractivity contribution in [1.82, 2.24) is 14.9 Å². The van der Waals surface area contributed by atoms with Gasteiger partial charge in [-0.05, 0) is 31.0 Å². The molecule has 144 valence electrons. The Hall–Kier alpha value is -2.18. The molecule has 1 amide bonds. The van der Waals surface area contributed by atoms with Crippen molar-refractivity contribution >= 4 is 40.2 Å². The molecule has 0 radical (unpaired) electrons. The summed E-state index contributed by atoms with van der Waals surface area (Å²) in [4.78, 5) is 23.5. The van der Waals surface area contributed by atoms with Gasteiger partial charge in [-0.2, -0.15) is 0 Å². The molecule has 7 heteroatoms. The average molecular weight is 416 g/mol. The van der Waals surface area contributed by atoms with E-state index in [0.717, 1.165) is 34.6 Å². The standard InChI is InChI=1S/C21H19ClFN3OS/c1-26(11-15-16(22)6-4-7-17(15)23)19(27)12-28-21-14-5-2-3-8-18(14)24-20(25-21)13-9-10-13/h2-8,13H,9-12H2,1H3. The van der Waals surface area contributed by atoms with Crippen LogP contribution in [0, 0.1) is 5.82 Å². The van der Waals surface area contributed by atoms with Crippen molar-refractivity contribution < 1.29 is 9.18 Å². The van der Waals surface area contributed by atoms with Crippen molar-refractivity contribution in [2.45, 2.75) is 30.3 Å². The number of benzene rings is 2. The van der Waals surface area contributed by atoms with Crippen LogP contribution in [0.3, 0.4) is 0 Å². The summed E-state index contributed by atoms with van der Waals surface area (Å²) in [6, 6.07) is 12.4. The molecule has 0 aliphatic heterocycles. The second-order valence-electron chi connectivity index (χ2n) is 6.92. The van der Waals surface area contributed by atoms with Crippen molar-refractivity contribution in [3.63, 3.8) is 0 Å². The monoisotopic (exact) mass is 415 g/mol. The Bertz CT molecular complexity index is 1020. The lowest BCUT2D eigenvalue weighted by molar-refractivity contribution is -0.127. The first-order valence-corrected chi connectivity index (χ1v) is 10.5. The Morgan fingerprint density at radius 2 is 2.00 bits per heavy atom. The van der Waals surface area contributed by atoms with E-state index < -0.39 is 5.82 Å². The SMILES string of the molecule is CN(Cc1c(F)cccc1Cl)C(=O)CSc1nc(C2CC2)nc2ccccc12. The Balaban J connectivity index is 1.49. The predicted octanol–water partition coefficient (Wildman–Crippen LogP) is 5.05. The molecule has 1 aliphatic rings. The smallest absolute Gasteiger partial charge is 0.233 e. The van der Waals surface area contributed by atoms with Crippen molar-refractivity contribution in [3.05, 3.63) is 64.7 Å². The number of fused-ring (bicyclic) bond motifs is 1. The van der Waals surface area contributed by atoms with Crippen LogP contribution in [0.1, 0.15) is 30.1 Å². The Kier molecular flexibility index (Phi) is 5.51. The van der Waals surface area contributed by atoms with Crippen LogP contribution in [-0.4, -0.2) is 33.6 Å². The number of rotatable bonds is 6. The molecule has 0 atom stereocenters. The van der Waals surface area contributed by atoms with Gasteiger partial charge < -0.3 is 4.90 Å². The van der Waals surface area contributed by atoms with E-state index in [1.54, 1.807) is 19.2 Å². The summed E-state index contributed by atoms with van der Waals surface area (Å²) in [6.45, 7) is 0.128. The molecule has 0 saturated heterocycles. The van der Waals surface area contributed by atoms with E-state index in [1.807, 2.05) is 24.3 Å². The van der Waals surface area contributed by atoms with E-state index in [0.29, 0.717) is 16.5 Å². The quantitative estimate of drug-likeness (QED) is 0.417. The first kappa shape index (κ1) is 19.2. The van der Waals surface area contributed by atoms with Crippen LogP contribution in [0.2, 0.25) is 5.02 Å². The number of aromatic nitrogens is 2. The molecule has 28 heavy (non-hydrogen) atoms. The highest BCUT2D eigenvalue weighted by molar-refractivity contribution is 8.00.